The predicted octanol–water partition coefficient (Wildman–Crippen LogP) is 14.9. The molecule has 4 nitrogen and oxygen atoms in total. The molecule has 2 aliphatic heterocycles. The molecule has 10 aromatic carbocycles. The molecule has 2 aliphatic rings. The van der Waals surface area contributed by atoms with Crippen molar-refractivity contribution in [3.05, 3.63) is 229 Å². The van der Waals surface area contributed by atoms with E-state index in [1.807, 2.05) is 0 Å². The topological polar surface area (TPSA) is 31.2 Å². The van der Waals surface area contributed by atoms with Gasteiger partial charge in [-0.05, 0) is 94.7 Å². The normalized spacial score (nSPS) is 13.1. The van der Waals surface area contributed by atoms with Crippen molar-refractivity contribution < 1.29 is 0 Å². The Balaban J connectivity index is 1.23. The highest BCUT2D eigenvalue weighted by atomic mass is 15.1. The summed E-state index contributed by atoms with van der Waals surface area (Å²) in [5.41, 5.74) is 15.7. The van der Waals surface area contributed by atoms with Gasteiger partial charge in [0.25, 0.3) is 0 Å². The molecular weight excluding hydrogens is 729 g/mol. The summed E-state index contributed by atoms with van der Waals surface area (Å²) in [5.74, 6) is 0. The molecule has 0 aromatic heterocycles. The van der Waals surface area contributed by atoms with E-state index in [2.05, 4.69) is 216 Å². The second-order valence-corrected chi connectivity index (χ2v) is 15.7. The molecule has 60 heavy (non-hydrogen) atoms. The SMILES string of the molecule is c1ccc(N(c2ccccc2)c2cc(C3=Nc4ccccc4C3)c3ccc4c(N(c5ccccc5)c5ccccc5)cc(C5=Nc6ccccc6C5)c5ccc2c3c54)cc1. The van der Waals surface area contributed by atoms with Gasteiger partial charge in [0, 0.05) is 68.3 Å². The molecule has 0 saturated carbocycles. The predicted molar refractivity (Wildman–Crippen MR) is 252 cm³/mol. The van der Waals surface area contributed by atoms with Crippen molar-refractivity contribution >= 4 is 89.2 Å². The molecule has 10 aromatic rings. The molecule has 4 heteroatoms. The first-order chi connectivity index (χ1) is 29.8. The third-order valence-electron chi connectivity index (χ3n) is 12.2. The lowest BCUT2D eigenvalue weighted by Gasteiger charge is -2.31. The molecule has 0 N–H and O–H groups in total. The van der Waals surface area contributed by atoms with E-state index in [0.29, 0.717) is 0 Å². The summed E-state index contributed by atoms with van der Waals surface area (Å²) in [6.07, 6.45) is 1.55. The largest absolute Gasteiger partial charge is 0.310 e. The number of aliphatic imine (C=N–C) groups is 2. The van der Waals surface area contributed by atoms with Crippen molar-refractivity contribution in [2.75, 3.05) is 9.80 Å². The van der Waals surface area contributed by atoms with Gasteiger partial charge in [0.1, 0.15) is 0 Å². The zero-order chi connectivity index (χ0) is 39.6. The maximum atomic E-state index is 5.35. The number of para-hydroxylation sites is 6. The van der Waals surface area contributed by atoms with Gasteiger partial charge in [0.15, 0.2) is 0 Å². The highest BCUT2D eigenvalue weighted by Crippen LogP contribution is 2.50. The van der Waals surface area contributed by atoms with Crippen molar-refractivity contribution in [3.63, 3.8) is 0 Å². The van der Waals surface area contributed by atoms with Crippen LogP contribution in [0.2, 0.25) is 0 Å². The number of rotatable bonds is 8. The standard InChI is InChI=1S/C56H38N4/c1-5-19-39(20-6-1)59(40-21-7-2-8-22-40)53-35-47(51-33-37-17-13-15-27-49(37)57-51)43-30-32-46-54(60(41-23-9-3-10-24-41)42-25-11-4-12-26-42)36-48(44-29-31-45(53)55(43)56(44)46)52-34-38-18-14-16-28-50(38)58-52/h1-32,35-36H,33-34H2. The Kier molecular flexibility index (Phi) is 7.95. The van der Waals surface area contributed by atoms with Crippen LogP contribution in [0.25, 0.3) is 32.3 Å². The van der Waals surface area contributed by atoms with Crippen molar-refractivity contribution in [3.8, 4) is 0 Å². The van der Waals surface area contributed by atoms with Crippen molar-refractivity contribution in [2.24, 2.45) is 9.98 Å². The monoisotopic (exact) mass is 766 g/mol. The molecule has 0 aliphatic carbocycles. The molecule has 0 fully saturated rings. The molecule has 0 radical (unpaired) electrons. The number of benzene rings is 10. The van der Waals surface area contributed by atoms with E-state index in [-0.39, 0.29) is 0 Å². The number of hydrogen-bond donors (Lipinski definition) is 0. The zero-order valence-electron chi connectivity index (χ0n) is 32.8. The fraction of sp³-hybridized carbons (Fsp3) is 0.0357. The number of hydrogen-bond acceptors (Lipinski definition) is 4. The van der Waals surface area contributed by atoms with E-state index < -0.39 is 0 Å². The van der Waals surface area contributed by atoms with Crippen molar-refractivity contribution in [2.45, 2.75) is 12.8 Å². The van der Waals surface area contributed by atoms with Crippen LogP contribution in [-0.2, 0) is 12.8 Å². The highest BCUT2D eigenvalue weighted by molar-refractivity contribution is 6.34. The van der Waals surface area contributed by atoms with Crippen LogP contribution in [0.3, 0.4) is 0 Å². The van der Waals surface area contributed by atoms with E-state index in [9.17, 15) is 0 Å². The molecule has 0 bridgehead atoms. The third kappa shape index (κ3) is 5.53. The summed E-state index contributed by atoms with van der Waals surface area (Å²) in [5, 5.41) is 7.22. The first-order valence-corrected chi connectivity index (χ1v) is 20.7. The fourth-order valence-corrected chi connectivity index (χ4v) is 9.55. The minimum absolute atomic E-state index is 0.775. The molecule has 2 heterocycles. The Hall–Kier alpha value is -7.82. The lowest BCUT2D eigenvalue weighted by molar-refractivity contribution is 1.29. The van der Waals surface area contributed by atoms with Crippen LogP contribution in [0.4, 0.5) is 45.5 Å². The van der Waals surface area contributed by atoms with Crippen LogP contribution in [0.1, 0.15) is 22.3 Å². The lowest BCUT2D eigenvalue weighted by Crippen LogP contribution is -2.14. The lowest BCUT2D eigenvalue weighted by atomic mass is 9.85. The molecule has 0 atom stereocenters. The average molecular weight is 767 g/mol. The van der Waals surface area contributed by atoms with E-state index in [4.69, 9.17) is 9.98 Å². The minimum Gasteiger partial charge on any atom is -0.310 e. The van der Waals surface area contributed by atoms with Crippen LogP contribution in [0.15, 0.2) is 216 Å². The van der Waals surface area contributed by atoms with E-state index in [0.717, 1.165) is 80.9 Å². The Morgan fingerprint density at radius 1 is 0.317 bits per heavy atom. The van der Waals surface area contributed by atoms with Crippen LogP contribution in [0, 0.1) is 0 Å². The maximum absolute atomic E-state index is 5.35. The van der Waals surface area contributed by atoms with E-state index in [1.165, 1.54) is 43.4 Å². The van der Waals surface area contributed by atoms with Crippen LogP contribution in [-0.4, -0.2) is 11.4 Å². The summed E-state index contributed by atoms with van der Waals surface area (Å²) < 4.78 is 0. The first-order valence-electron chi connectivity index (χ1n) is 20.7. The summed E-state index contributed by atoms with van der Waals surface area (Å²) in [6.45, 7) is 0. The molecule has 0 unspecified atom stereocenters. The second kappa shape index (κ2) is 13.9. The molecule has 0 spiro atoms. The van der Waals surface area contributed by atoms with Gasteiger partial charge in [-0.25, -0.2) is 0 Å². The maximum Gasteiger partial charge on any atom is 0.0669 e. The fourth-order valence-electron chi connectivity index (χ4n) is 9.55. The average Bonchev–Trinajstić information content (AvgIpc) is 3.95. The smallest absolute Gasteiger partial charge is 0.0669 e. The summed E-state index contributed by atoms with van der Waals surface area (Å²) in [7, 11) is 0. The van der Waals surface area contributed by atoms with Gasteiger partial charge in [-0.15, -0.1) is 0 Å². The van der Waals surface area contributed by atoms with Gasteiger partial charge in [0.05, 0.1) is 34.2 Å². The van der Waals surface area contributed by atoms with Gasteiger partial charge in [-0.2, -0.15) is 0 Å². The molecule has 12 rings (SSSR count). The molecular formula is C56H38N4. The third-order valence-corrected chi connectivity index (χ3v) is 12.2. The molecule has 282 valence electrons. The zero-order valence-corrected chi connectivity index (χ0v) is 32.8. The molecule has 0 saturated heterocycles. The Labute approximate surface area is 349 Å². The highest BCUT2D eigenvalue weighted by Gasteiger charge is 2.28. The Morgan fingerprint density at radius 3 is 0.983 bits per heavy atom. The molecule has 0 amide bonds. The van der Waals surface area contributed by atoms with E-state index in [1.54, 1.807) is 0 Å². The van der Waals surface area contributed by atoms with Gasteiger partial charge in [0.2, 0.25) is 0 Å². The summed E-state index contributed by atoms with van der Waals surface area (Å²) in [6, 6.07) is 74.3. The number of anilines is 6. The second-order valence-electron chi connectivity index (χ2n) is 15.7. The van der Waals surface area contributed by atoms with Crippen molar-refractivity contribution in [1.82, 2.24) is 0 Å². The van der Waals surface area contributed by atoms with Crippen LogP contribution in [0.5, 0.6) is 0 Å². The van der Waals surface area contributed by atoms with Crippen LogP contribution >= 0.6 is 0 Å². The van der Waals surface area contributed by atoms with Gasteiger partial charge in [-0.3, -0.25) is 9.98 Å². The Morgan fingerprint density at radius 2 is 0.633 bits per heavy atom. The quantitative estimate of drug-likeness (QED) is 0.144. The minimum atomic E-state index is 0.775. The number of nitrogens with zero attached hydrogens (tertiary/aromatic N) is 4. The van der Waals surface area contributed by atoms with E-state index >= 15 is 0 Å². The van der Waals surface area contributed by atoms with Gasteiger partial charge < -0.3 is 9.80 Å². The van der Waals surface area contributed by atoms with Crippen molar-refractivity contribution in [1.29, 1.82) is 0 Å². The Bertz CT molecular complexity index is 3000. The van der Waals surface area contributed by atoms with Crippen LogP contribution < -0.4 is 9.80 Å². The van der Waals surface area contributed by atoms with Gasteiger partial charge in [-0.1, -0.05) is 133 Å². The first kappa shape index (κ1) is 34.2. The van der Waals surface area contributed by atoms with Gasteiger partial charge >= 0.3 is 0 Å². The summed E-state index contributed by atoms with van der Waals surface area (Å²) in [4.78, 5) is 15.5. The number of fused-ring (bicyclic) bond motifs is 2. The summed E-state index contributed by atoms with van der Waals surface area (Å²) >= 11 is 0.